The van der Waals surface area contributed by atoms with Crippen LogP contribution in [0, 0.1) is 19.8 Å². The zero-order valence-electron chi connectivity index (χ0n) is 15.0. The van der Waals surface area contributed by atoms with E-state index in [-0.39, 0.29) is 5.91 Å². The predicted molar refractivity (Wildman–Crippen MR) is 92.6 cm³/mol. The third-order valence-corrected chi connectivity index (χ3v) is 4.37. The smallest absolute Gasteiger partial charge is 0.224 e. The number of piperazine rings is 1. The molecule has 1 aliphatic heterocycles. The van der Waals surface area contributed by atoms with Crippen molar-refractivity contribution in [2.75, 3.05) is 39.3 Å². The van der Waals surface area contributed by atoms with Crippen LogP contribution in [0.25, 0.3) is 0 Å². The van der Waals surface area contributed by atoms with Crippen LogP contribution in [-0.2, 0) is 17.8 Å². The summed E-state index contributed by atoms with van der Waals surface area (Å²) in [7, 11) is 0. The van der Waals surface area contributed by atoms with Gasteiger partial charge in [-0.1, -0.05) is 13.8 Å². The van der Waals surface area contributed by atoms with Crippen LogP contribution in [0.15, 0.2) is 0 Å². The van der Waals surface area contributed by atoms with Gasteiger partial charge in [-0.25, -0.2) is 0 Å². The number of amides is 1. The summed E-state index contributed by atoms with van der Waals surface area (Å²) < 4.78 is 2.03. The van der Waals surface area contributed by atoms with Gasteiger partial charge in [-0.3, -0.25) is 14.4 Å². The van der Waals surface area contributed by atoms with Gasteiger partial charge in [-0.05, 0) is 19.8 Å². The monoisotopic (exact) mass is 321 g/mol. The van der Waals surface area contributed by atoms with Crippen LogP contribution in [0.2, 0.25) is 0 Å². The number of aryl methyl sites for hydroxylation is 1. The molecule has 6 heteroatoms. The van der Waals surface area contributed by atoms with Crippen LogP contribution < -0.4 is 10.6 Å². The first-order valence-electron chi connectivity index (χ1n) is 8.70. The minimum Gasteiger partial charge on any atom is -0.355 e. The lowest BCUT2D eigenvalue weighted by Gasteiger charge is -2.27. The summed E-state index contributed by atoms with van der Waals surface area (Å²) in [5, 5.41) is 11.0. The van der Waals surface area contributed by atoms with Gasteiger partial charge in [0, 0.05) is 57.1 Å². The molecule has 2 heterocycles. The molecule has 1 amide bonds. The van der Waals surface area contributed by atoms with E-state index in [1.165, 1.54) is 0 Å². The van der Waals surface area contributed by atoms with Crippen molar-refractivity contribution in [3.63, 3.8) is 0 Å². The Morgan fingerprint density at radius 1 is 1.30 bits per heavy atom. The van der Waals surface area contributed by atoms with Gasteiger partial charge in [0.1, 0.15) is 0 Å². The molecule has 0 unspecified atom stereocenters. The number of nitrogens with zero attached hydrogens (tertiary/aromatic N) is 3. The van der Waals surface area contributed by atoms with E-state index >= 15 is 0 Å². The maximum atomic E-state index is 12.2. The summed E-state index contributed by atoms with van der Waals surface area (Å²) in [4.78, 5) is 14.6. The van der Waals surface area contributed by atoms with Crippen molar-refractivity contribution in [1.29, 1.82) is 0 Å². The Labute approximate surface area is 139 Å². The molecule has 2 rings (SSSR count). The standard InChI is InChI=1S/C17H31N5O/c1-13(2)12-22-15(4)16(14(3)20-22)11-17(23)19-7-10-21-8-5-18-6-9-21/h13,18H,5-12H2,1-4H3,(H,19,23). The van der Waals surface area contributed by atoms with E-state index in [9.17, 15) is 4.79 Å². The highest BCUT2D eigenvalue weighted by atomic mass is 16.1. The average Bonchev–Trinajstić information content (AvgIpc) is 2.75. The second-order valence-corrected chi connectivity index (χ2v) is 6.84. The summed E-state index contributed by atoms with van der Waals surface area (Å²) in [5.41, 5.74) is 3.17. The first-order valence-corrected chi connectivity index (χ1v) is 8.70. The van der Waals surface area contributed by atoms with Crippen LogP contribution in [0.5, 0.6) is 0 Å². The SMILES string of the molecule is Cc1nn(CC(C)C)c(C)c1CC(=O)NCCN1CCNCC1. The van der Waals surface area contributed by atoms with Crippen molar-refractivity contribution in [1.82, 2.24) is 25.3 Å². The van der Waals surface area contributed by atoms with E-state index in [2.05, 4.69) is 41.4 Å². The summed E-state index contributed by atoms with van der Waals surface area (Å²) in [6.45, 7) is 15.2. The second-order valence-electron chi connectivity index (χ2n) is 6.84. The summed E-state index contributed by atoms with van der Waals surface area (Å²) in [5.74, 6) is 0.643. The molecular weight excluding hydrogens is 290 g/mol. The van der Waals surface area contributed by atoms with E-state index < -0.39 is 0 Å². The lowest BCUT2D eigenvalue weighted by molar-refractivity contribution is -0.120. The fraction of sp³-hybridized carbons (Fsp3) is 0.765. The molecule has 0 saturated carbocycles. The molecule has 0 aromatic carbocycles. The largest absolute Gasteiger partial charge is 0.355 e. The normalized spacial score (nSPS) is 16.0. The molecule has 6 nitrogen and oxygen atoms in total. The van der Waals surface area contributed by atoms with Crippen molar-refractivity contribution < 1.29 is 4.79 Å². The number of aromatic nitrogens is 2. The van der Waals surface area contributed by atoms with E-state index in [1.54, 1.807) is 0 Å². The Kier molecular flexibility index (Phi) is 6.59. The van der Waals surface area contributed by atoms with Crippen molar-refractivity contribution >= 4 is 5.91 Å². The highest BCUT2D eigenvalue weighted by Gasteiger charge is 2.16. The molecule has 23 heavy (non-hydrogen) atoms. The van der Waals surface area contributed by atoms with Gasteiger partial charge >= 0.3 is 0 Å². The molecular formula is C17H31N5O. The Morgan fingerprint density at radius 3 is 2.65 bits per heavy atom. The molecule has 0 bridgehead atoms. The van der Waals surface area contributed by atoms with Gasteiger partial charge in [0.15, 0.2) is 0 Å². The van der Waals surface area contributed by atoms with Crippen LogP contribution in [0.3, 0.4) is 0 Å². The Balaban J connectivity index is 1.81. The number of hydrogen-bond acceptors (Lipinski definition) is 4. The van der Waals surface area contributed by atoms with Gasteiger partial charge in [-0.2, -0.15) is 5.10 Å². The van der Waals surface area contributed by atoms with E-state index in [0.29, 0.717) is 12.3 Å². The number of carbonyl (C=O) groups excluding carboxylic acids is 1. The molecule has 0 atom stereocenters. The molecule has 1 fully saturated rings. The molecule has 0 aliphatic carbocycles. The maximum absolute atomic E-state index is 12.2. The number of carbonyl (C=O) groups is 1. The van der Waals surface area contributed by atoms with Gasteiger partial charge < -0.3 is 10.6 Å². The third kappa shape index (κ3) is 5.32. The lowest BCUT2D eigenvalue weighted by Crippen LogP contribution is -2.46. The van der Waals surface area contributed by atoms with Gasteiger partial charge in [0.05, 0.1) is 12.1 Å². The van der Waals surface area contributed by atoms with Crippen LogP contribution in [0.4, 0.5) is 0 Å². The highest BCUT2D eigenvalue weighted by molar-refractivity contribution is 5.79. The fourth-order valence-electron chi connectivity index (χ4n) is 3.02. The van der Waals surface area contributed by atoms with Crippen molar-refractivity contribution in [3.05, 3.63) is 17.0 Å². The molecule has 0 radical (unpaired) electrons. The number of hydrogen-bond donors (Lipinski definition) is 2. The lowest BCUT2D eigenvalue weighted by atomic mass is 10.1. The fourth-order valence-corrected chi connectivity index (χ4v) is 3.02. The zero-order valence-corrected chi connectivity index (χ0v) is 15.0. The summed E-state index contributed by atoms with van der Waals surface area (Å²) in [6.07, 6.45) is 0.428. The van der Waals surface area contributed by atoms with E-state index in [1.807, 2.05) is 11.6 Å². The third-order valence-electron chi connectivity index (χ3n) is 4.37. The molecule has 130 valence electrons. The Bertz CT molecular complexity index is 517. The first-order chi connectivity index (χ1) is 11.0. The highest BCUT2D eigenvalue weighted by Crippen LogP contribution is 2.15. The average molecular weight is 321 g/mol. The van der Waals surface area contributed by atoms with Crippen molar-refractivity contribution in [3.8, 4) is 0 Å². The first kappa shape index (κ1) is 17.9. The molecule has 1 aliphatic rings. The number of rotatable bonds is 7. The summed E-state index contributed by atoms with van der Waals surface area (Å²) >= 11 is 0. The van der Waals surface area contributed by atoms with Crippen LogP contribution in [-0.4, -0.2) is 59.9 Å². The van der Waals surface area contributed by atoms with Gasteiger partial charge in [-0.15, -0.1) is 0 Å². The van der Waals surface area contributed by atoms with E-state index in [0.717, 1.165) is 62.8 Å². The van der Waals surface area contributed by atoms with Crippen LogP contribution in [0.1, 0.15) is 30.8 Å². The van der Waals surface area contributed by atoms with Crippen LogP contribution >= 0.6 is 0 Å². The van der Waals surface area contributed by atoms with Gasteiger partial charge in [0.2, 0.25) is 5.91 Å². The topological polar surface area (TPSA) is 62.2 Å². The quantitative estimate of drug-likeness (QED) is 0.777. The number of nitrogens with one attached hydrogen (secondary N) is 2. The molecule has 1 saturated heterocycles. The predicted octanol–water partition coefficient (Wildman–Crippen LogP) is 0.720. The van der Waals surface area contributed by atoms with E-state index in [4.69, 9.17) is 0 Å². The van der Waals surface area contributed by atoms with Crippen molar-refractivity contribution in [2.45, 2.75) is 40.7 Å². The minimum absolute atomic E-state index is 0.0930. The van der Waals surface area contributed by atoms with Gasteiger partial charge in [0.25, 0.3) is 0 Å². The van der Waals surface area contributed by atoms with Crippen molar-refractivity contribution in [2.24, 2.45) is 5.92 Å². The molecule has 2 N–H and O–H groups in total. The molecule has 0 spiro atoms. The maximum Gasteiger partial charge on any atom is 0.224 e. The second kappa shape index (κ2) is 8.45. The zero-order chi connectivity index (χ0) is 16.8. The Morgan fingerprint density at radius 2 is 2.00 bits per heavy atom. The Hall–Kier alpha value is -1.40. The molecule has 1 aromatic rings. The summed E-state index contributed by atoms with van der Waals surface area (Å²) in [6, 6.07) is 0. The minimum atomic E-state index is 0.0930. The molecule has 1 aromatic heterocycles.